The summed E-state index contributed by atoms with van der Waals surface area (Å²) in [6.45, 7) is 3.94. The van der Waals surface area contributed by atoms with Crippen LogP contribution >= 0.6 is 23.2 Å². The Morgan fingerprint density at radius 3 is 1.29 bits per heavy atom. The Morgan fingerprint density at radius 1 is 1.14 bits per heavy atom. The van der Waals surface area contributed by atoms with Crippen LogP contribution in [0.25, 0.3) is 0 Å². The van der Waals surface area contributed by atoms with Crippen LogP contribution in [-0.2, 0) is 0 Å². The summed E-state index contributed by atoms with van der Waals surface area (Å²) < 4.78 is 0. The summed E-state index contributed by atoms with van der Waals surface area (Å²) in [6, 6.07) is 0. The molecular weight excluding hydrogens is 131 g/mol. The van der Waals surface area contributed by atoms with Crippen molar-refractivity contribution in [2.45, 2.75) is 20.3 Å². The van der Waals surface area contributed by atoms with E-state index in [0.29, 0.717) is 0 Å². The SMILES string of the molecule is CCCCl.CCCl. The van der Waals surface area contributed by atoms with Gasteiger partial charge in [0.1, 0.15) is 0 Å². The third-order valence-electron chi connectivity index (χ3n) is 0.189. The Hall–Kier alpha value is 0.580. The monoisotopic (exact) mass is 142 g/mol. The number of alkyl halides is 2. The lowest BCUT2D eigenvalue weighted by atomic mass is 10.6. The number of hydrogen-bond donors (Lipinski definition) is 0. The second kappa shape index (κ2) is 16.0. The summed E-state index contributed by atoms with van der Waals surface area (Å²) in [7, 11) is 0. The summed E-state index contributed by atoms with van der Waals surface area (Å²) >= 11 is 10.2. The average molecular weight is 143 g/mol. The van der Waals surface area contributed by atoms with Gasteiger partial charge in [0.2, 0.25) is 0 Å². The first-order chi connectivity index (χ1) is 3.33. The molecule has 0 atom stereocenters. The molecular formula is C5H12Cl2. The van der Waals surface area contributed by atoms with E-state index in [1.54, 1.807) is 0 Å². The van der Waals surface area contributed by atoms with Gasteiger partial charge in [-0.15, -0.1) is 23.2 Å². The first-order valence-electron chi connectivity index (χ1n) is 2.45. The fourth-order valence-corrected chi connectivity index (χ4v) is 0. The third kappa shape index (κ3) is 55.3. The maximum atomic E-state index is 5.19. The summed E-state index contributed by atoms with van der Waals surface area (Å²) in [5.74, 6) is 1.51. The van der Waals surface area contributed by atoms with Crippen LogP contribution < -0.4 is 0 Å². The van der Waals surface area contributed by atoms with Crippen LogP contribution in [0.15, 0.2) is 0 Å². The highest BCUT2D eigenvalue weighted by Crippen LogP contribution is 1.75. The molecule has 0 aliphatic carbocycles. The molecule has 0 bridgehead atoms. The molecule has 0 fully saturated rings. The Labute approximate surface area is 55.8 Å². The molecule has 0 aliphatic heterocycles. The topological polar surface area (TPSA) is 0 Å². The largest absolute Gasteiger partial charge is 0.127 e. The van der Waals surface area contributed by atoms with E-state index < -0.39 is 0 Å². The minimum atomic E-state index is 0.722. The Kier molecular flexibility index (Phi) is 24.1. The average Bonchev–Trinajstić information content (AvgIpc) is 1.69. The number of rotatable bonds is 1. The molecule has 0 saturated heterocycles. The fraction of sp³-hybridized carbons (Fsp3) is 1.00. The maximum Gasteiger partial charge on any atom is 0.0220 e. The quantitative estimate of drug-likeness (QED) is 0.495. The van der Waals surface area contributed by atoms with Crippen LogP contribution in [0.3, 0.4) is 0 Å². The lowest BCUT2D eigenvalue weighted by Crippen LogP contribution is -1.55. The van der Waals surface area contributed by atoms with Crippen LogP contribution in [-0.4, -0.2) is 11.8 Å². The van der Waals surface area contributed by atoms with E-state index in [9.17, 15) is 0 Å². The second-order valence-corrected chi connectivity index (χ2v) is 1.87. The van der Waals surface area contributed by atoms with Crippen LogP contribution in [0.4, 0.5) is 0 Å². The van der Waals surface area contributed by atoms with E-state index in [2.05, 4.69) is 0 Å². The summed E-state index contributed by atoms with van der Waals surface area (Å²) in [4.78, 5) is 0. The predicted molar refractivity (Wildman–Crippen MR) is 37.4 cm³/mol. The molecule has 0 aromatic carbocycles. The third-order valence-corrected chi connectivity index (χ3v) is 0.567. The first kappa shape index (κ1) is 10.5. The van der Waals surface area contributed by atoms with Crippen molar-refractivity contribution < 1.29 is 0 Å². The van der Waals surface area contributed by atoms with Crippen molar-refractivity contribution in [3.8, 4) is 0 Å². The second-order valence-electron chi connectivity index (χ2n) is 0.956. The van der Waals surface area contributed by atoms with E-state index >= 15 is 0 Å². The normalized spacial score (nSPS) is 6.86. The molecule has 0 aromatic heterocycles. The molecule has 2 heteroatoms. The molecule has 46 valence electrons. The van der Waals surface area contributed by atoms with Crippen LogP contribution in [0.5, 0.6) is 0 Å². The zero-order valence-corrected chi connectivity index (χ0v) is 6.39. The van der Waals surface area contributed by atoms with Gasteiger partial charge in [0.05, 0.1) is 0 Å². The van der Waals surface area contributed by atoms with Crippen molar-refractivity contribution in [1.82, 2.24) is 0 Å². The van der Waals surface area contributed by atoms with Crippen LogP contribution in [0, 0.1) is 0 Å². The van der Waals surface area contributed by atoms with Gasteiger partial charge in [-0.1, -0.05) is 13.8 Å². The van der Waals surface area contributed by atoms with Gasteiger partial charge in [0, 0.05) is 11.8 Å². The Bertz CT molecular complexity index is 13.6. The van der Waals surface area contributed by atoms with Crippen molar-refractivity contribution in [2.75, 3.05) is 11.8 Å². The Balaban J connectivity index is 0. The smallest absolute Gasteiger partial charge is 0.0220 e. The van der Waals surface area contributed by atoms with E-state index in [0.717, 1.165) is 18.2 Å². The minimum absolute atomic E-state index is 0.722. The zero-order valence-electron chi connectivity index (χ0n) is 4.88. The number of hydrogen-bond acceptors (Lipinski definition) is 0. The molecule has 0 unspecified atom stereocenters. The fourth-order valence-electron chi connectivity index (χ4n) is 0. The summed E-state index contributed by atoms with van der Waals surface area (Å²) in [5, 5.41) is 0. The van der Waals surface area contributed by atoms with E-state index in [4.69, 9.17) is 23.2 Å². The molecule has 0 radical (unpaired) electrons. The van der Waals surface area contributed by atoms with Gasteiger partial charge in [0.25, 0.3) is 0 Å². The highest BCUT2D eigenvalue weighted by Gasteiger charge is 1.59. The van der Waals surface area contributed by atoms with Crippen LogP contribution in [0.2, 0.25) is 0 Å². The molecule has 0 saturated carbocycles. The van der Waals surface area contributed by atoms with Crippen molar-refractivity contribution in [1.29, 1.82) is 0 Å². The highest BCUT2D eigenvalue weighted by molar-refractivity contribution is 6.17. The van der Waals surface area contributed by atoms with Crippen molar-refractivity contribution >= 4 is 23.2 Å². The van der Waals surface area contributed by atoms with Crippen molar-refractivity contribution in [3.63, 3.8) is 0 Å². The lowest BCUT2D eigenvalue weighted by Gasteiger charge is -1.65. The summed E-state index contributed by atoms with van der Waals surface area (Å²) in [5.41, 5.74) is 0. The first-order valence-corrected chi connectivity index (χ1v) is 3.52. The molecule has 0 spiro atoms. The molecule has 0 rings (SSSR count). The minimum Gasteiger partial charge on any atom is -0.127 e. The molecule has 0 amide bonds. The standard InChI is InChI=1S/C3H7Cl.C2H5Cl/c1-2-3-4;1-2-3/h2-3H2,1H3;2H2,1H3. The predicted octanol–water partition coefficient (Wildman–Crippen LogP) is 2.88. The van der Waals surface area contributed by atoms with E-state index in [1.165, 1.54) is 0 Å². The van der Waals surface area contributed by atoms with Gasteiger partial charge in [-0.3, -0.25) is 0 Å². The van der Waals surface area contributed by atoms with Gasteiger partial charge in [-0.05, 0) is 6.42 Å². The van der Waals surface area contributed by atoms with Crippen molar-refractivity contribution in [2.24, 2.45) is 0 Å². The molecule has 0 N–H and O–H groups in total. The molecule has 7 heavy (non-hydrogen) atoms. The van der Waals surface area contributed by atoms with Gasteiger partial charge in [0.15, 0.2) is 0 Å². The van der Waals surface area contributed by atoms with E-state index in [-0.39, 0.29) is 0 Å². The van der Waals surface area contributed by atoms with Crippen LogP contribution in [0.1, 0.15) is 20.3 Å². The zero-order chi connectivity index (χ0) is 6.12. The van der Waals surface area contributed by atoms with Gasteiger partial charge < -0.3 is 0 Å². The lowest BCUT2D eigenvalue weighted by molar-refractivity contribution is 1.10. The van der Waals surface area contributed by atoms with Gasteiger partial charge in [-0.2, -0.15) is 0 Å². The van der Waals surface area contributed by atoms with Gasteiger partial charge >= 0.3 is 0 Å². The summed E-state index contributed by atoms with van der Waals surface area (Å²) in [6.07, 6.45) is 1.08. The highest BCUT2D eigenvalue weighted by atomic mass is 35.5. The Morgan fingerprint density at radius 2 is 1.29 bits per heavy atom. The number of halogens is 2. The van der Waals surface area contributed by atoms with Gasteiger partial charge in [-0.25, -0.2) is 0 Å². The maximum absolute atomic E-state index is 5.19. The molecule has 0 aromatic rings. The molecule has 0 aliphatic rings. The van der Waals surface area contributed by atoms with E-state index in [1.807, 2.05) is 13.8 Å². The molecule has 0 heterocycles. The van der Waals surface area contributed by atoms with Crippen molar-refractivity contribution in [3.05, 3.63) is 0 Å². The molecule has 0 nitrogen and oxygen atoms in total.